The van der Waals surface area contributed by atoms with Crippen molar-refractivity contribution in [3.8, 4) is 0 Å². The molecule has 0 aromatic rings. The molecule has 1 aliphatic carbocycles. The molecule has 0 spiro atoms. The molecule has 1 nitrogen and oxygen atoms in total. The van der Waals surface area contributed by atoms with E-state index in [0.717, 1.165) is 5.92 Å². The third-order valence-electron chi connectivity index (χ3n) is 3.30. The van der Waals surface area contributed by atoms with Crippen molar-refractivity contribution >= 4 is 10.8 Å². The second-order valence-corrected chi connectivity index (χ2v) is 5.87. The Morgan fingerprint density at radius 2 is 1.92 bits per heavy atom. The molecule has 1 rings (SSSR count). The van der Waals surface area contributed by atoms with Gasteiger partial charge in [0, 0.05) is 22.3 Å². The molecular weight excluding hydrogens is 168 g/mol. The maximum Gasteiger partial charge on any atom is 0.0347 e. The molecule has 4 atom stereocenters. The predicted octanol–water partition coefficient (Wildman–Crippen LogP) is 2.58. The van der Waals surface area contributed by atoms with Crippen LogP contribution in [-0.2, 0) is 10.8 Å². The minimum atomic E-state index is -0.629. The number of rotatable bonds is 2. The summed E-state index contributed by atoms with van der Waals surface area (Å²) in [7, 11) is -0.629. The van der Waals surface area contributed by atoms with Crippen molar-refractivity contribution in [2.45, 2.75) is 44.8 Å². The van der Waals surface area contributed by atoms with Crippen LogP contribution in [0.25, 0.3) is 0 Å². The molecule has 0 saturated heterocycles. The van der Waals surface area contributed by atoms with Gasteiger partial charge < -0.3 is 0 Å². The Kier molecular flexibility index (Phi) is 3.76. The Hall–Kier alpha value is 0.150. The molecule has 0 aromatic heterocycles. The summed E-state index contributed by atoms with van der Waals surface area (Å²) >= 11 is 0. The third kappa shape index (κ3) is 2.32. The van der Waals surface area contributed by atoms with Crippen molar-refractivity contribution < 1.29 is 4.21 Å². The molecule has 1 fully saturated rings. The molecule has 0 aliphatic heterocycles. The van der Waals surface area contributed by atoms with E-state index >= 15 is 0 Å². The van der Waals surface area contributed by atoms with Gasteiger partial charge in [-0.25, -0.2) is 0 Å². The Labute approximate surface area is 78.4 Å². The van der Waals surface area contributed by atoms with Crippen molar-refractivity contribution in [3.05, 3.63) is 0 Å². The smallest absolute Gasteiger partial charge is 0.0347 e. The fourth-order valence-electron chi connectivity index (χ4n) is 2.29. The van der Waals surface area contributed by atoms with Gasteiger partial charge in [-0.3, -0.25) is 4.21 Å². The molecule has 0 heterocycles. The molecule has 1 saturated carbocycles. The van der Waals surface area contributed by atoms with E-state index in [1.807, 2.05) is 6.26 Å². The first-order valence-corrected chi connectivity index (χ1v) is 6.57. The van der Waals surface area contributed by atoms with Crippen LogP contribution >= 0.6 is 0 Å². The minimum Gasteiger partial charge on any atom is -0.260 e. The van der Waals surface area contributed by atoms with Gasteiger partial charge in [-0.2, -0.15) is 0 Å². The molecule has 2 heteroatoms. The van der Waals surface area contributed by atoms with Crippen LogP contribution in [0.2, 0.25) is 0 Å². The highest BCUT2D eigenvalue weighted by molar-refractivity contribution is 7.84. The first kappa shape index (κ1) is 10.2. The molecule has 0 N–H and O–H groups in total. The maximum atomic E-state index is 11.3. The molecule has 0 amide bonds. The lowest BCUT2D eigenvalue weighted by Gasteiger charge is -2.32. The highest BCUT2D eigenvalue weighted by Crippen LogP contribution is 2.33. The molecule has 12 heavy (non-hydrogen) atoms. The summed E-state index contributed by atoms with van der Waals surface area (Å²) in [6.45, 7) is 4.45. The van der Waals surface area contributed by atoms with Crippen molar-refractivity contribution in [1.29, 1.82) is 0 Å². The quantitative estimate of drug-likeness (QED) is 0.651. The van der Waals surface area contributed by atoms with Gasteiger partial charge in [0.05, 0.1) is 0 Å². The lowest BCUT2D eigenvalue weighted by Crippen LogP contribution is -2.29. The zero-order valence-corrected chi connectivity index (χ0v) is 9.19. The monoisotopic (exact) mass is 188 g/mol. The number of hydrogen-bond acceptors (Lipinski definition) is 1. The number of hydrogen-bond donors (Lipinski definition) is 0. The Balaban J connectivity index is 2.53. The first-order chi connectivity index (χ1) is 5.63. The average Bonchev–Trinajstić information content (AvgIpc) is 2.04. The van der Waals surface area contributed by atoms with E-state index in [9.17, 15) is 4.21 Å². The van der Waals surface area contributed by atoms with E-state index in [-0.39, 0.29) is 0 Å². The fraction of sp³-hybridized carbons (Fsp3) is 1.00. The molecule has 0 radical (unpaired) electrons. The van der Waals surface area contributed by atoms with Crippen LogP contribution in [0.3, 0.4) is 0 Å². The molecule has 72 valence electrons. The summed E-state index contributed by atoms with van der Waals surface area (Å²) in [5.41, 5.74) is 0. The second-order valence-electron chi connectivity index (χ2n) is 4.13. The highest BCUT2D eigenvalue weighted by Gasteiger charge is 2.27. The standard InChI is InChI=1S/C10H20OS/c1-8-6-4-5-7-10(8)9(2)12(3)11/h8-10H,4-7H2,1-3H3/t8-,9?,10?,12?/m0/s1. The van der Waals surface area contributed by atoms with Crippen molar-refractivity contribution in [1.82, 2.24) is 0 Å². The van der Waals surface area contributed by atoms with E-state index in [2.05, 4.69) is 13.8 Å². The highest BCUT2D eigenvalue weighted by atomic mass is 32.2. The molecule has 3 unspecified atom stereocenters. The lowest BCUT2D eigenvalue weighted by atomic mass is 9.79. The van der Waals surface area contributed by atoms with Gasteiger partial charge in [0.1, 0.15) is 0 Å². The van der Waals surface area contributed by atoms with Gasteiger partial charge in [-0.05, 0) is 18.3 Å². The van der Waals surface area contributed by atoms with Crippen molar-refractivity contribution in [3.63, 3.8) is 0 Å². The van der Waals surface area contributed by atoms with E-state index in [4.69, 9.17) is 0 Å². The van der Waals surface area contributed by atoms with Gasteiger partial charge in [0.25, 0.3) is 0 Å². The summed E-state index contributed by atoms with van der Waals surface area (Å²) < 4.78 is 11.3. The third-order valence-corrected chi connectivity index (χ3v) is 4.70. The van der Waals surface area contributed by atoms with Gasteiger partial charge >= 0.3 is 0 Å². The summed E-state index contributed by atoms with van der Waals surface area (Å²) in [6, 6.07) is 0. The Morgan fingerprint density at radius 1 is 1.33 bits per heavy atom. The SMILES string of the molecule is CC(C1CCCC[C@@H]1C)S(C)=O. The van der Waals surface area contributed by atoms with E-state index in [1.54, 1.807) is 0 Å². The zero-order chi connectivity index (χ0) is 9.14. The Morgan fingerprint density at radius 3 is 2.42 bits per heavy atom. The maximum absolute atomic E-state index is 11.3. The van der Waals surface area contributed by atoms with Gasteiger partial charge in [-0.15, -0.1) is 0 Å². The van der Waals surface area contributed by atoms with Gasteiger partial charge in [-0.1, -0.05) is 33.1 Å². The van der Waals surface area contributed by atoms with E-state index in [0.29, 0.717) is 11.2 Å². The average molecular weight is 188 g/mol. The zero-order valence-electron chi connectivity index (χ0n) is 8.38. The fourth-order valence-corrected chi connectivity index (χ4v) is 3.19. The minimum absolute atomic E-state index is 0.403. The van der Waals surface area contributed by atoms with Crippen molar-refractivity contribution in [2.75, 3.05) is 6.26 Å². The lowest BCUT2D eigenvalue weighted by molar-refractivity contribution is 0.253. The van der Waals surface area contributed by atoms with Crippen LogP contribution in [0.1, 0.15) is 39.5 Å². The Bertz CT molecular complexity index is 167. The van der Waals surface area contributed by atoms with Crippen LogP contribution < -0.4 is 0 Å². The van der Waals surface area contributed by atoms with Crippen molar-refractivity contribution in [2.24, 2.45) is 11.8 Å². The molecule has 1 aliphatic rings. The van der Waals surface area contributed by atoms with E-state index < -0.39 is 10.8 Å². The van der Waals surface area contributed by atoms with Gasteiger partial charge in [0.2, 0.25) is 0 Å². The first-order valence-electron chi connectivity index (χ1n) is 4.95. The molecular formula is C10H20OS. The van der Waals surface area contributed by atoms with E-state index in [1.165, 1.54) is 25.7 Å². The normalized spacial score (nSPS) is 35.9. The van der Waals surface area contributed by atoms with Gasteiger partial charge in [0.15, 0.2) is 0 Å². The predicted molar refractivity (Wildman–Crippen MR) is 54.7 cm³/mol. The summed E-state index contributed by atoms with van der Waals surface area (Å²) in [5.74, 6) is 1.50. The van der Waals surface area contributed by atoms with Crippen LogP contribution in [0.15, 0.2) is 0 Å². The summed E-state index contributed by atoms with van der Waals surface area (Å²) in [5, 5.41) is 0.403. The largest absolute Gasteiger partial charge is 0.260 e. The summed E-state index contributed by atoms with van der Waals surface area (Å²) in [4.78, 5) is 0. The van der Waals surface area contributed by atoms with Crippen LogP contribution in [0.4, 0.5) is 0 Å². The van der Waals surface area contributed by atoms with Crippen LogP contribution in [0.5, 0.6) is 0 Å². The summed E-state index contributed by atoms with van der Waals surface area (Å²) in [6.07, 6.45) is 7.19. The topological polar surface area (TPSA) is 17.1 Å². The molecule has 0 aromatic carbocycles. The van der Waals surface area contributed by atoms with Crippen LogP contribution in [-0.4, -0.2) is 15.7 Å². The molecule has 0 bridgehead atoms. The van der Waals surface area contributed by atoms with Crippen LogP contribution in [0, 0.1) is 11.8 Å². The second kappa shape index (κ2) is 4.40.